The van der Waals surface area contributed by atoms with Crippen LogP contribution in [0.1, 0.15) is 77.6 Å². The first-order valence-corrected chi connectivity index (χ1v) is 12.3. The van der Waals surface area contributed by atoms with Crippen LogP contribution in [0.15, 0.2) is 23.8 Å². The largest absolute Gasteiger partial charge is 0.355 e. The molecule has 3 rings (SSSR count). The van der Waals surface area contributed by atoms with Gasteiger partial charge in [0.1, 0.15) is 6.04 Å². The van der Waals surface area contributed by atoms with Gasteiger partial charge in [-0.15, -0.1) is 0 Å². The first-order chi connectivity index (χ1) is 15.9. The van der Waals surface area contributed by atoms with E-state index in [1.54, 1.807) is 12.2 Å². The Morgan fingerprint density at radius 2 is 1.76 bits per heavy atom. The number of carbonyl (C=O) groups excluding carboxylic acids is 5. The van der Waals surface area contributed by atoms with E-state index in [1.807, 2.05) is 6.08 Å². The maximum absolute atomic E-state index is 13.1. The highest BCUT2D eigenvalue weighted by Crippen LogP contribution is 2.37. The molecule has 0 aromatic carbocycles. The number of nitrogens with one attached hydrogen (secondary N) is 2. The number of carbonyl (C=O) groups is 5. The minimum absolute atomic E-state index is 0.0516. The van der Waals surface area contributed by atoms with Gasteiger partial charge in [0.15, 0.2) is 0 Å². The number of rotatable bonds is 12. The first-order valence-electron chi connectivity index (χ1n) is 12.3. The van der Waals surface area contributed by atoms with Gasteiger partial charge in [0.05, 0.1) is 5.92 Å². The van der Waals surface area contributed by atoms with Gasteiger partial charge in [-0.2, -0.15) is 0 Å². The third-order valence-corrected chi connectivity index (χ3v) is 6.68. The van der Waals surface area contributed by atoms with Crippen LogP contribution in [0.25, 0.3) is 0 Å². The second kappa shape index (κ2) is 11.9. The molecule has 0 bridgehead atoms. The molecular weight excluding hydrogens is 422 g/mol. The lowest BCUT2D eigenvalue weighted by atomic mass is 9.83. The molecule has 0 aromatic rings. The normalized spacial score (nSPS) is 24.6. The SMILES string of the molecule is CCCCCCCCCCC(=O)NCC1C=CC=C2C(=O)N(C3CCC(=O)NC3=O)C(=O)C21. The number of piperidine rings is 1. The van der Waals surface area contributed by atoms with Crippen molar-refractivity contribution in [2.45, 2.75) is 83.6 Å². The van der Waals surface area contributed by atoms with Crippen molar-refractivity contribution in [2.24, 2.45) is 11.8 Å². The number of imide groups is 2. The number of nitrogens with zero attached hydrogens (tertiary/aromatic N) is 1. The van der Waals surface area contributed by atoms with E-state index in [0.717, 1.165) is 24.2 Å². The van der Waals surface area contributed by atoms with E-state index in [1.165, 1.54) is 32.1 Å². The molecular formula is C25H35N3O5. The monoisotopic (exact) mass is 457 g/mol. The standard InChI is InChI=1S/C25H35N3O5/c1-2-3-4-5-6-7-8-9-13-20(29)26-16-17-11-10-12-18-22(17)25(33)28(24(18)32)19-14-15-21(30)27-23(19)31/h10-12,17,19,22H,2-9,13-16H2,1H3,(H,26,29)(H,27,30,31). The maximum atomic E-state index is 13.1. The Morgan fingerprint density at radius 3 is 2.45 bits per heavy atom. The zero-order valence-electron chi connectivity index (χ0n) is 19.4. The smallest absolute Gasteiger partial charge is 0.257 e. The van der Waals surface area contributed by atoms with Crippen molar-refractivity contribution >= 4 is 29.5 Å². The van der Waals surface area contributed by atoms with Crippen LogP contribution in [-0.4, -0.2) is 47.0 Å². The van der Waals surface area contributed by atoms with Crippen LogP contribution >= 0.6 is 0 Å². The fourth-order valence-electron chi connectivity index (χ4n) is 4.81. The van der Waals surface area contributed by atoms with E-state index < -0.39 is 35.6 Å². The summed E-state index contributed by atoms with van der Waals surface area (Å²) in [5, 5.41) is 5.11. The van der Waals surface area contributed by atoms with E-state index in [4.69, 9.17) is 0 Å². The third kappa shape index (κ3) is 6.18. The van der Waals surface area contributed by atoms with Crippen molar-refractivity contribution in [2.75, 3.05) is 6.54 Å². The van der Waals surface area contributed by atoms with Crippen LogP contribution in [0.3, 0.4) is 0 Å². The van der Waals surface area contributed by atoms with Crippen molar-refractivity contribution in [3.63, 3.8) is 0 Å². The third-order valence-electron chi connectivity index (χ3n) is 6.68. The van der Waals surface area contributed by atoms with Gasteiger partial charge < -0.3 is 5.32 Å². The number of fused-ring (bicyclic) bond motifs is 1. The van der Waals surface area contributed by atoms with Gasteiger partial charge in [0, 0.05) is 30.9 Å². The molecule has 180 valence electrons. The molecule has 2 aliphatic heterocycles. The quantitative estimate of drug-likeness (QED) is 0.345. The highest BCUT2D eigenvalue weighted by Gasteiger charge is 2.51. The number of amides is 5. The summed E-state index contributed by atoms with van der Waals surface area (Å²) in [6, 6.07) is -0.966. The van der Waals surface area contributed by atoms with E-state index in [9.17, 15) is 24.0 Å². The molecule has 5 amide bonds. The topological polar surface area (TPSA) is 113 Å². The molecule has 0 spiro atoms. The minimum Gasteiger partial charge on any atom is -0.355 e. The summed E-state index contributed by atoms with van der Waals surface area (Å²) in [7, 11) is 0. The van der Waals surface area contributed by atoms with Gasteiger partial charge in [-0.25, -0.2) is 0 Å². The fraction of sp³-hybridized carbons (Fsp3) is 0.640. The van der Waals surface area contributed by atoms with Crippen molar-refractivity contribution in [1.29, 1.82) is 0 Å². The lowest BCUT2D eigenvalue weighted by molar-refractivity contribution is -0.151. The van der Waals surface area contributed by atoms with Gasteiger partial charge in [0.2, 0.25) is 23.6 Å². The van der Waals surface area contributed by atoms with E-state index in [0.29, 0.717) is 12.0 Å². The minimum atomic E-state index is -0.966. The highest BCUT2D eigenvalue weighted by atomic mass is 16.2. The second-order valence-electron chi connectivity index (χ2n) is 9.16. The molecule has 0 aromatic heterocycles. The summed E-state index contributed by atoms with van der Waals surface area (Å²) in [6.07, 6.45) is 15.1. The summed E-state index contributed by atoms with van der Waals surface area (Å²) in [5.74, 6) is -3.05. The average Bonchev–Trinajstić information content (AvgIpc) is 3.05. The van der Waals surface area contributed by atoms with Crippen LogP contribution in [0.5, 0.6) is 0 Å². The number of unbranched alkanes of at least 4 members (excludes halogenated alkanes) is 7. The summed E-state index contributed by atoms with van der Waals surface area (Å²) in [5.41, 5.74) is 0.342. The van der Waals surface area contributed by atoms with E-state index in [-0.39, 0.29) is 31.2 Å². The van der Waals surface area contributed by atoms with Crippen molar-refractivity contribution in [1.82, 2.24) is 15.5 Å². The zero-order chi connectivity index (χ0) is 23.8. The molecule has 33 heavy (non-hydrogen) atoms. The predicted octanol–water partition coefficient (Wildman–Crippen LogP) is 2.54. The summed E-state index contributed by atoms with van der Waals surface area (Å²) in [4.78, 5) is 63.0. The number of hydrogen-bond acceptors (Lipinski definition) is 5. The van der Waals surface area contributed by atoms with Crippen LogP contribution in [0, 0.1) is 11.8 Å². The fourth-order valence-corrected chi connectivity index (χ4v) is 4.81. The number of likely N-dealkylation sites (tertiary alicyclic amines) is 1. The van der Waals surface area contributed by atoms with Gasteiger partial charge >= 0.3 is 0 Å². The summed E-state index contributed by atoms with van der Waals surface area (Å²) >= 11 is 0. The highest BCUT2D eigenvalue weighted by molar-refractivity contribution is 6.18. The summed E-state index contributed by atoms with van der Waals surface area (Å²) in [6.45, 7) is 2.46. The molecule has 2 fully saturated rings. The molecule has 3 aliphatic rings. The van der Waals surface area contributed by atoms with Crippen molar-refractivity contribution < 1.29 is 24.0 Å². The lowest BCUT2D eigenvalue weighted by Crippen LogP contribution is -2.54. The van der Waals surface area contributed by atoms with Crippen LogP contribution < -0.4 is 10.6 Å². The Labute approximate surface area is 195 Å². The Hall–Kier alpha value is -2.77. The maximum Gasteiger partial charge on any atom is 0.257 e. The van der Waals surface area contributed by atoms with Crippen LogP contribution in [0.2, 0.25) is 0 Å². The predicted molar refractivity (Wildman–Crippen MR) is 122 cm³/mol. The van der Waals surface area contributed by atoms with Gasteiger partial charge in [0.25, 0.3) is 5.91 Å². The molecule has 8 nitrogen and oxygen atoms in total. The Balaban J connectivity index is 1.46. The van der Waals surface area contributed by atoms with Crippen LogP contribution in [-0.2, 0) is 24.0 Å². The molecule has 1 aliphatic carbocycles. The molecule has 8 heteroatoms. The molecule has 0 radical (unpaired) electrons. The van der Waals surface area contributed by atoms with Gasteiger partial charge in [-0.05, 0) is 12.8 Å². The van der Waals surface area contributed by atoms with E-state index in [2.05, 4.69) is 17.6 Å². The van der Waals surface area contributed by atoms with Crippen molar-refractivity contribution in [3.05, 3.63) is 23.8 Å². The molecule has 2 N–H and O–H groups in total. The Kier molecular flexibility index (Phi) is 8.97. The molecule has 3 atom stereocenters. The Bertz CT molecular complexity index is 847. The molecule has 3 unspecified atom stereocenters. The second-order valence-corrected chi connectivity index (χ2v) is 9.16. The Morgan fingerprint density at radius 1 is 1.06 bits per heavy atom. The first kappa shape index (κ1) is 24.9. The number of hydrogen-bond donors (Lipinski definition) is 2. The van der Waals surface area contributed by atoms with E-state index >= 15 is 0 Å². The molecule has 2 heterocycles. The van der Waals surface area contributed by atoms with Crippen LogP contribution in [0.4, 0.5) is 0 Å². The molecule has 0 saturated carbocycles. The van der Waals surface area contributed by atoms with Gasteiger partial charge in [-0.3, -0.25) is 34.2 Å². The zero-order valence-corrected chi connectivity index (χ0v) is 19.4. The molecule has 2 saturated heterocycles. The van der Waals surface area contributed by atoms with Crippen molar-refractivity contribution in [3.8, 4) is 0 Å². The lowest BCUT2D eigenvalue weighted by Gasteiger charge is -2.28. The summed E-state index contributed by atoms with van der Waals surface area (Å²) < 4.78 is 0. The average molecular weight is 458 g/mol. The van der Waals surface area contributed by atoms with Gasteiger partial charge in [-0.1, -0.05) is 70.1 Å². The number of allylic oxidation sites excluding steroid dienone is 2.